The van der Waals surface area contributed by atoms with Crippen LogP contribution in [0.4, 0.5) is 5.69 Å². The zero-order valence-electron chi connectivity index (χ0n) is 11.8. The van der Waals surface area contributed by atoms with Crippen LogP contribution in [0.5, 0.6) is 0 Å². The summed E-state index contributed by atoms with van der Waals surface area (Å²) in [5, 5.41) is 6.27. The second-order valence-corrected chi connectivity index (χ2v) is 5.65. The molecule has 3 heteroatoms. The molecule has 2 N–H and O–H groups in total. The molecule has 0 aromatic heterocycles. The van der Waals surface area contributed by atoms with E-state index < -0.39 is 0 Å². The molecule has 18 heavy (non-hydrogen) atoms. The number of carbonyl (C=O) groups excluding carboxylic acids is 1. The molecule has 0 spiro atoms. The van der Waals surface area contributed by atoms with Gasteiger partial charge in [-0.1, -0.05) is 38.5 Å². The van der Waals surface area contributed by atoms with E-state index in [2.05, 4.69) is 41.8 Å². The Hall–Kier alpha value is -1.51. The van der Waals surface area contributed by atoms with Crippen molar-refractivity contribution in [2.75, 3.05) is 18.4 Å². The maximum atomic E-state index is 11.6. The molecule has 1 aromatic carbocycles. The number of rotatable bonds is 5. The molecule has 0 saturated carbocycles. The number of benzene rings is 1. The minimum absolute atomic E-state index is 0.109. The Balaban J connectivity index is 2.16. The Kier molecular flexibility index (Phi) is 5.20. The van der Waals surface area contributed by atoms with E-state index in [-0.39, 0.29) is 11.3 Å². The Morgan fingerprint density at radius 1 is 1.11 bits per heavy atom. The lowest BCUT2D eigenvalue weighted by Crippen LogP contribution is -2.35. The first kappa shape index (κ1) is 14.6. The molecule has 0 heterocycles. The molecular formula is C15H24N2O. The molecule has 0 aliphatic carbocycles. The van der Waals surface area contributed by atoms with E-state index in [1.54, 1.807) is 0 Å². The van der Waals surface area contributed by atoms with Gasteiger partial charge in [0.05, 0.1) is 0 Å². The average molecular weight is 248 g/mol. The van der Waals surface area contributed by atoms with Gasteiger partial charge in [0.25, 0.3) is 0 Å². The molecule has 0 aliphatic rings. The third-order valence-electron chi connectivity index (χ3n) is 2.70. The van der Waals surface area contributed by atoms with Gasteiger partial charge in [0.1, 0.15) is 0 Å². The van der Waals surface area contributed by atoms with Crippen molar-refractivity contribution in [3.05, 3.63) is 29.8 Å². The summed E-state index contributed by atoms with van der Waals surface area (Å²) in [7, 11) is 0. The molecule has 1 rings (SSSR count). The van der Waals surface area contributed by atoms with E-state index in [1.807, 2.05) is 20.8 Å². The lowest BCUT2D eigenvalue weighted by atomic mass is 9.96. The van der Waals surface area contributed by atoms with E-state index >= 15 is 0 Å². The maximum Gasteiger partial charge on any atom is 0.225 e. The van der Waals surface area contributed by atoms with Crippen molar-refractivity contribution in [1.29, 1.82) is 0 Å². The van der Waals surface area contributed by atoms with Crippen LogP contribution in [0.15, 0.2) is 24.3 Å². The molecule has 0 fully saturated rings. The van der Waals surface area contributed by atoms with Gasteiger partial charge in [0.2, 0.25) is 5.91 Å². The van der Waals surface area contributed by atoms with E-state index in [0.717, 1.165) is 25.2 Å². The molecule has 0 unspecified atom stereocenters. The van der Waals surface area contributed by atoms with Gasteiger partial charge in [-0.15, -0.1) is 0 Å². The summed E-state index contributed by atoms with van der Waals surface area (Å²) in [5.41, 5.74) is 2.09. The molecule has 0 bridgehead atoms. The van der Waals surface area contributed by atoms with Gasteiger partial charge in [-0.2, -0.15) is 0 Å². The minimum atomic E-state index is -0.301. The Labute approximate surface area is 110 Å². The lowest BCUT2D eigenvalue weighted by Gasteiger charge is -2.17. The highest BCUT2D eigenvalue weighted by molar-refractivity contribution is 5.81. The van der Waals surface area contributed by atoms with Crippen molar-refractivity contribution in [2.24, 2.45) is 5.41 Å². The SMILES string of the molecule is Cc1ccc(NCCCNC(=O)C(C)(C)C)cc1. The summed E-state index contributed by atoms with van der Waals surface area (Å²) in [5.74, 6) is 0.109. The average Bonchev–Trinajstić information content (AvgIpc) is 2.29. The normalized spacial score (nSPS) is 11.1. The first-order valence-corrected chi connectivity index (χ1v) is 6.48. The smallest absolute Gasteiger partial charge is 0.225 e. The fourth-order valence-electron chi connectivity index (χ4n) is 1.46. The fraction of sp³-hybridized carbons (Fsp3) is 0.533. The number of anilines is 1. The highest BCUT2D eigenvalue weighted by Crippen LogP contribution is 2.12. The van der Waals surface area contributed by atoms with Crippen molar-refractivity contribution in [3.8, 4) is 0 Å². The van der Waals surface area contributed by atoms with Crippen molar-refractivity contribution < 1.29 is 4.79 Å². The van der Waals surface area contributed by atoms with Crippen LogP contribution in [0.2, 0.25) is 0 Å². The summed E-state index contributed by atoms with van der Waals surface area (Å²) < 4.78 is 0. The predicted molar refractivity (Wildman–Crippen MR) is 76.8 cm³/mol. The summed E-state index contributed by atoms with van der Waals surface area (Å²) in [6.45, 7) is 9.43. The van der Waals surface area contributed by atoms with Crippen molar-refractivity contribution in [2.45, 2.75) is 34.1 Å². The van der Waals surface area contributed by atoms with Crippen molar-refractivity contribution in [1.82, 2.24) is 5.32 Å². The molecular weight excluding hydrogens is 224 g/mol. The quantitative estimate of drug-likeness (QED) is 0.787. The van der Waals surface area contributed by atoms with Crippen LogP contribution in [0, 0.1) is 12.3 Å². The second-order valence-electron chi connectivity index (χ2n) is 5.65. The summed E-state index contributed by atoms with van der Waals surface area (Å²) in [6.07, 6.45) is 0.926. The summed E-state index contributed by atoms with van der Waals surface area (Å²) in [4.78, 5) is 11.6. The topological polar surface area (TPSA) is 41.1 Å². The third kappa shape index (κ3) is 5.21. The fourth-order valence-corrected chi connectivity index (χ4v) is 1.46. The number of hydrogen-bond donors (Lipinski definition) is 2. The van der Waals surface area contributed by atoms with Gasteiger partial charge in [0, 0.05) is 24.2 Å². The molecule has 0 radical (unpaired) electrons. The summed E-state index contributed by atoms with van der Waals surface area (Å²) in [6, 6.07) is 8.32. The Morgan fingerprint density at radius 2 is 1.72 bits per heavy atom. The highest BCUT2D eigenvalue weighted by atomic mass is 16.2. The van der Waals surface area contributed by atoms with Crippen LogP contribution in [0.3, 0.4) is 0 Å². The van der Waals surface area contributed by atoms with Crippen LogP contribution in [0.25, 0.3) is 0 Å². The highest BCUT2D eigenvalue weighted by Gasteiger charge is 2.19. The number of carbonyl (C=O) groups is 1. The summed E-state index contributed by atoms with van der Waals surface area (Å²) >= 11 is 0. The van der Waals surface area contributed by atoms with Crippen LogP contribution in [0.1, 0.15) is 32.8 Å². The largest absolute Gasteiger partial charge is 0.385 e. The van der Waals surface area contributed by atoms with E-state index in [1.165, 1.54) is 5.56 Å². The van der Waals surface area contributed by atoms with Gasteiger partial charge in [0.15, 0.2) is 0 Å². The van der Waals surface area contributed by atoms with E-state index in [0.29, 0.717) is 0 Å². The molecule has 1 amide bonds. The Morgan fingerprint density at radius 3 is 2.28 bits per heavy atom. The van der Waals surface area contributed by atoms with Gasteiger partial charge in [-0.05, 0) is 25.5 Å². The molecule has 100 valence electrons. The second kappa shape index (κ2) is 6.43. The Bertz CT molecular complexity index is 376. The van der Waals surface area contributed by atoms with Gasteiger partial charge < -0.3 is 10.6 Å². The molecule has 0 atom stereocenters. The predicted octanol–water partition coefficient (Wildman–Crippen LogP) is 2.96. The van der Waals surface area contributed by atoms with Crippen LogP contribution >= 0.6 is 0 Å². The van der Waals surface area contributed by atoms with Gasteiger partial charge in [-0.25, -0.2) is 0 Å². The number of aryl methyl sites for hydroxylation is 1. The van der Waals surface area contributed by atoms with E-state index in [4.69, 9.17) is 0 Å². The minimum Gasteiger partial charge on any atom is -0.385 e. The number of hydrogen-bond acceptors (Lipinski definition) is 2. The number of nitrogens with one attached hydrogen (secondary N) is 2. The monoisotopic (exact) mass is 248 g/mol. The van der Waals surface area contributed by atoms with Crippen molar-refractivity contribution >= 4 is 11.6 Å². The third-order valence-corrected chi connectivity index (χ3v) is 2.70. The van der Waals surface area contributed by atoms with Gasteiger partial charge >= 0.3 is 0 Å². The van der Waals surface area contributed by atoms with E-state index in [9.17, 15) is 4.79 Å². The first-order valence-electron chi connectivity index (χ1n) is 6.48. The zero-order valence-corrected chi connectivity index (χ0v) is 11.8. The number of amides is 1. The van der Waals surface area contributed by atoms with Crippen LogP contribution in [-0.4, -0.2) is 19.0 Å². The van der Waals surface area contributed by atoms with Crippen LogP contribution in [-0.2, 0) is 4.79 Å². The van der Waals surface area contributed by atoms with Crippen LogP contribution < -0.4 is 10.6 Å². The lowest BCUT2D eigenvalue weighted by molar-refractivity contribution is -0.128. The first-order chi connectivity index (χ1) is 8.39. The zero-order chi connectivity index (χ0) is 13.6. The molecule has 3 nitrogen and oxygen atoms in total. The van der Waals surface area contributed by atoms with Crippen molar-refractivity contribution in [3.63, 3.8) is 0 Å². The molecule has 1 aromatic rings. The standard InChI is InChI=1S/C15H24N2O/c1-12-6-8-13(9-7-12)16-10-5-11-17-14(18)15(2,3)4/h6-9,16H,5,10-11H2,1-4H3,(H,17,18). The molecule has 0 aliphatic heterocycles. The molecule has 0 saturated heterocycles. The maximum absolute atomic E-state index is 11.6. The van der Waals surface area contributed by atoms with Gasteiger partial charge in [-0.3, -0.25) is 4.79 Å².